The van der Waals surface area contributed by atoms with Gasteiger partial charge >= 0.3 is 0 Å². The number of hydrogen-bond donors (Lipinski definition) is 3. The highest BCUT2D eigenvalue weighted by atomic mass is 19.1. The smallest absolute Gasteiger partial charge is 0.254 e. The van der Waals surface area contributed by atoms with Gasteiger partial charge in [-0.1, -0.05) is 6.92 Å². The predicted octanol–water partition coefficient (Wildman–Crippen LogP) is 0.578. The van der Waals surface area contributed by atoms with Crippen LogP contribution in [0.3, 0.4) is 0 Å². The lowest BCUT2D eigenvalue weighted by molar-refractivity contribution is 0.0943. The number of carbonyl (C=O) groups is 1. The Morgan fingerprint density at radius 2 is 2.45 bits per heavy atom. The zero-order valence-electron chi connectivity index (χ0n) is 11.5. The molecule has 1 saturated heterocycles. The molecule has 1 aromatic heterocycles. The summed E-state index contributed by atoms with van der Waals surface area (Å²) in [6, 6.07) is 1.35. The van der Waals surface area contributed by atoms with Crippen LogP contribution in [0.2, 0.25) is 0 Å². The van der Waals surface area contributed by atoms with Crippen molar-refractivity contribution >= 4 is 11.7 Å². The summed E-state index contributed by atoms with van der Waals surface area (Å²) in [6.45, 7) is 5.74. The number of nitrogens with zero attached hydrogens (tertiary/aromatic N) is 2. The average Bonchev–Trinajstić information content (AvgIpc) is 2.93. The summed E-state index contributed by atoms with van der Waals surface area (Å²) >= 11 is 0. The van der Waals surface area contributed by atoms with Crippen molar-refractivity contribution in [2.45, 2.75) is 13.3 Å². The van der Waals surface area contributed by atoms with Crippen LogP contribution in [0, 0.1) is 11.7 Å². The minimum absolute atomic E-state index is 0.0432. The molecule has 1 unspecified atom stereocenters. The van der Waals surface area contributed by atoms with Gasteiger partial charge in [0.15, 0.2) is 11.6 Å². The molecule has 2 rings (SSSR count). The van der Waals surface area contributed by atoms with E-state index in [1.165, 1.54) is 12.3 Å². The molecule has 7 heteroatoms. The topological polar surface area (TPSA) is 83.3 Å². The maximum atomic E-state index is 13.9. The first-order valence-electron chi connectivity index (χ1n) is 6.77. The zero-order chi connectivity index (χ0) is 14.5. The van der Waals surface area contributed by atoms with Crippen LogP contribution < -0.4 is 16.6 Å². The number of aromatic nitrogens is 1. The highest BCUT2D eigenvalue weighted by Gasteiger charge is 2.22. The molecule has 0 bridgehead atoms. The van der Waals surface area contributed by atoms with Crippen molar-refractivity contribution in [1.82, 2.24) is 15.2 Å². The lowest BCUT2D eigenvalue weighted by atomic mass is 10.1. The number of carbonyl (C=O) groups excluding carboxylic acids is 1. The van der Waals surface area contributed by atoms with E-state index in [0.717, 1.165) is 26.1 Å². The van der Waals surface area contributed by atoms with E-state index in [-0.39, 0.29) is 11.4 Å². The molecule has 1 amide bonds. The number of anilines is 1. The third-order valence-electron chi connectivity index (χ3n) is 3.64. The highest BCUT2D eigenvalue weighted by molar-refractivity contribution is 5.95. The normalized spacial score (nSPS) is 19.1. The van der Waals surface area contributed by atoms with E-state index in [1.54, 1.807) is 0 Å². The number of likely N-dealkylation sites (tertiary alicyclic amines) is 1. The summed E-state index contributed by atoms with van der Waals surface area (Å²) in [5.41, 5.74) is 2.09. The zero-order valence-corrected chi connectivity index (χ0v) is 11.5. The van der Waals surface area contributed by atoms with E-state index in [1.807, 2.05) is 0 Å². The van der Waals surface area contributed by atoms with Gasteiger partial charge in [-0.3, -0.25) is 4.79 Å². The van der Waals surface area contributed by atoms with Crippen LogP contribution >= 0.6 is 0 Å². The van der Waals surface area contributed by atoms with Crippen molar-refractivity contribution in [1.29, 1.82) is 0 Å². The molecule has 1 fully saturated rings. The van der Waals surface area contributed by atoms with E-state index in [4.69, 9.17) is 5.84 Å². The number of nitrogens with one attached hydrogen (secondary N) is 2. The number of halogens is 1. The highest BCUT2D eigenvalue weighted by Crippen LogP contribution is 2.16. The molecule has 1 atom stereocenters. The molecule has 0 saturated carbocycles. The molecule has 0 aliphatic carbocycles. The van der Waals surface area contributed by atoms with Crippen molar-refractivity contribution in [3.63, 3.8) is 0 Å². The molecule has 6 nitrogen and oxygen atoms in total. The van der Waals surface area contributed by atoms with Crippen molar-refractivity contribution in [2.75, 3.05) is 31.6 Å². The first kappa shape index (κ1) is 14.7. The average molecular weight is 281 g/mol. The Balaban J connectivity index is 1.92. The van der Waals surface area contributed by atoms with Gasteiger partial charge in [-0.05, 0) is 31.5 Å². The van der Waals surface area contributed by atoms with Crippen LogP contribution in [-0.2, 0) is 0 Å². The first-order valence-corrected chi connectivity index (χ1v) is 6.77. The number of pyridine rings is 1. The molecule has 0 spiro atoms. The monoisotopic (exact) mass is 281 g/mol. The Bertz CT molecular complexity index is 482. The largest absolute Gasteiger partial charge is 0.352 e. The second kappa shape index (κ2) is 6.62. The number of amides is 1. The molecule has 2 heterocycles. The molecular weight excluding hydrogens is 261 g/mol. The van der Waals surface area contributed by atoms with Crippen molar-refractivity contribution < 1.29 is 9.18 Å². The summed E-state index contributed by atoms with van der Waals surface area (Å²) < 4.78 is 13.9. The van der Waals surface area contributed by atoms with E-state index in [2.05, 4.69) is 27.6 Å². The maximum Gasteiger partial charge on any atom is 0.254 e. The van der Waals surface area contributed by atoms with E-state index in [9.17, 15) is 9.18 Å². The molecule has 4 N–H and O–H groups in total. The van der Waals surface area contributed by atoms with Crippen LogP contribution in [0.5, 0.6) is 0 Å². The second-order valence-electron chi connectivity index (χ2n) is 4.92. The fourth-order valence-electron chi connectivity index (χ4n) is 2.42. The van der Waals surface area contributed by atoms with Crippen molar-refractivity contribution in [2.24, 2.45) is 11.8 Å². The van der Waals surface area contributed by atoms with Crippen LogP contribution in [-0.4, -0.2) is 42.0 Å². The minimum Gasteiger partial charge on any atom is -0.352 e. The standard InChI is InChI=1S/C13H20FN5O/c1-2-19-6-4-9(8-19)7-17-13(20)10-3-5-16-12(18-15)11(10)14/h3,5,9H,2,4,6-8,15H2,1H3,(H,16,18)(H,17,20). The fourth-order valence-corrected chi connectivity index (χ4v) is 2.42. The number of nitrogens with two attached hydrogens (primary N) is 1. The lowest BCUT2D eigenvalue weighted by Crippen LogP contribution is -2.31. The predicted molar refractivity (Wildman–Crippen MR) is 74.6 cm³/mol. The SMILES string of the molecule is CCN1CCC(CNC(=O)c2ccnc(NN)c2F)C1. The van der Waals surface area contributed by atoms with Gasteiger partial charge in [0.25, 0.3) is 5.91 Å². The lowest BCUT2D eigenvalue weighted by Gasteiger charge is -2.14. The number of rotatable bonds is 5. The second-order valence-corrected chi connectivity index (χ2v) is 4.92. The molecule has 1 aliphatic heterocycles. The number of hydrazine groups is 1. The molecular formula is C13H20FN5O. The van der Waals surface area contributed by atoms with Crippen LogP contribution in [0.15, 0.2) is 12.3 Å². The quantitative estimate of drug-likeness (QED) is 0.543. The van der Waals surface area contributed by atoms with E-state index >= 15 is 0 Å². The Morgan fingerprint density at radius 1 is 1.65 bits per heavy atom. The van der Waals surface area contributed by atoms with E-state index < -0.39 is 11.7 Å². The van der Waals surface area contributed by atoms with Gasteiger partial charge in [-0.25, -0.2) is 15.2 Å². The summed E-state index contributed by atoms with van der Waals surface area (Å²) in [7, 11) is 0. The summed E-state index contributed by atoms with van der Waals surface area (Å²) in [4.78, 5) is 18.0. The van der Waals surface area contributed by atoms with Crippen molar-refractivity contribution in [3.8, 4) is 0 Å². The Kier molecular flexibility index (Phi) is 4.86. The molecule has 1 aromatic rings. The summed E-state index contributed by atoms with van der Waals surface area (Å²) in [5, 5.41) is 2.78. The number of hydrogen-bond acceptors (Lipinski definition) is 5. The van der Waals surface area contributed by atoms with Gasteiger partial charge in [-0.2, -0.15) is 0 Å². The maximum absolute atomic E-state index is 13.9. The van der Waals surface area contributed by atoms with Gasteiger partial charge < -0.3 is 15.6 Å². The van der Waals surface area contributed by atoms with Crippen molar-refractivity contribution in [3.05, 3.63) is 23.6 Å². The Labute approximate surface area is 117 Å². The Morgan fingerprint density at radius 3 is 3.10 bits per heavy atom. The van der Waals surface area contributed by atoms with Crippen LogP contribution in [0.4, 0.5) is 10.2 Å². The van der Waals surface area contributed by atoms with Gasteiger partial charge in [-0.15, -0.1) is 0 Å². The van der Waals surface area contributed by atoms with Gasteiger partial charge in [0.05, 0.1) is 5.56 Å². The van der Waals surface area contributed by atoms with Gasteiger partial charge in [0.2, 0.25) is 0 Å². The summed E-state index contributed by atoms with van der Waals surface area (Å²) in [5.74, 6) is 4.27. The Hall–Kier alpha value is -1.73. The first-order chi connectivity index (χ1) is 9.65. The van der Waals surface area contributed by atoms with Gasteiger partial charge in [0, 0.05) is 19.3 Å². The third kappa shape index (κ3) is 3.23. The third-order valence-corrected chi connectivity index (χ3v) is 3.64. The number of nitrogen functional groups attached to an aromatic ring is 1. The summed E-state index contributed by atoms with van der Waals surface area (Å²) in [6.07, 6.45) is 2.41. The molecule has 1 aliphatic rings. The molecule has 110 valence electrons. The molecule has 0 radical (unpaired) electrons. The molecule has 20 heavy (non-hydrogen) atoms. The van der Waals surface area contributed by atoms with Crippen LogP contribution in [0.1, 0.15) is 23.7 Å². The van der Waals surface area contributed by atoms with Gasteiger partial charge in [0.1, 0.15) is 0 Å². The molecule has 0 aromatic carbocycles. The van der Waals surface area contributed by atoms with E-state index in [0.29, 0.717) is 12.5 Å². The minimum atomic E-state index is -0.728. The van der Waals surface area contributed by atoms with Crippen LogP contribution in [0.25, 0.3) is 0 Å². The fraction of sp³-hybridized carbons (Fsp3) is 0.538.